The fraction of sp³-hybridized carbons (Fsp3) is 0.333. The van der Waals surface area contributed by atoms with Crippen LogP contribution in [-0.4, -0.2) is 21.6 Å². The topological polar surface area (TPSA) is 68.5 Å². The molecule has 0 saturated carbocycles. The van der Waals surface area contributed by atoms with Crippen LogP contribution in [0.4, 0.5) is 0 Å². The van der Waals surface area contributed by atoms with Crippen LogP contribution in [0, 0.1) is 0 Å². The standard InChI is InChI=1S/C15H18BrNO4S/c1-11(5-6-12-4-3-9-21-12)17-22(18,19)13-7-8-15(20-2)14(16)10-13/h3-4,7-11,17H,5-6H2,1-2H3/t11-/m1/s1. The molecule has 2 aromatic rings. The van der Waals surface area contributed by atoms with Crippen molar-refractivity contribution in [3.8, 4) is 5.75 Å². The van der Waals surface area contributed by atoms with Crippen LogP contribution in [0.5, 0.6) is 5.75 Å². The zero-order valence-corrected chi connectivity index (χ0v) is 14.8. The normalized spacial score (nSPS) is 13.0. The highest BCUT2D eigenvalue weighted by molar-refractivity contribution is 9.10. The first-order valence-corrected chi connectivity index (χ1v) is 9.08. The number of hydrogen-bond donors (Lipinski definition) is 1. The zero-order chi connectivity index (χ0) is 16.2. The smallest absolute Gasteiger partial charge is 0.240 e. The van der Waals surface area contributed by atoms with Gasteiger partial charge in [0.1, 0.15) is 11.5 Å². The summed E-state index contributed by atoms with van der Waals surface area (Å²) in [5, 5.41) is 0. The van der Waals surface area contributed by atoms with E-state index in [0.717, 1.165) is 5.76 Å². The number of rotatable bonds is 7. The predicted molar refractivity (Wildman–Crippen MR) is 87.5 cm³/mol. The Bertz CT molecular complexity index is 713. The molecule has 1 aromatic heterocycles. The molecule has 0 spiro atoms. The zero-order valence-electron chi connectivity index (χ0n) is 12.4. The minimum Gasteiger partial charge on any atom is -0.496 e. The lowest BCUT2D eigenvalue weighted by Crippen LogP contribution is -2.32. The first-order chi connectivity index (χ1) is 10.4. The number of methoxy groups -OCH3 is 1. The molecule has 7 heteroatoms. The molecule has 2 rings (SSSR count). The number of aryl methyl sites for hydroxylation is 1. The summed E-state index contributed by atoms with van der Waals surface area (Å²) in [6.45, 7) is 1.83. The van der Waals surface area contributed by atoms with E-state index >= 15 is 0 Å². The van der Waals surface area contributed by atoms with Gasteiger partial charge in [0.15, 0.2) is 0 Å². The van der Waals surface area contributed by atoms with Gasteiger partial charge in [0.2, 0.25) is 10.0 Å². The van der Waals surface area contributed by atoms with Crippen molar-refractivity contribution in [1.29, 1.82) is 0 Å². The molecule has 1 heterocycles. The van der Waals surface area contributed by atoms with E-state index in [0.29, 0.717) is 23.1 Å². The summed E-state index contributed by atoms with van der Waals surface area (Å²) in [7, 11) is -2.03. The first kappa shape index (κ1) is 17.1. The van der Waals surface area contributed by atoms with E-state index in [2.05, 4.69) is 20.7 Å². The molecule has 22 heavy (non-hydrogen) atoms. The monoisotopic (exact) mass is 387 g/mol. The Balaban J connectivity index is 2.02. The lowest BCUT2D eigenvalue weighted by Gasteiger charge is -2.14. The second-order valence-electron chi connectivity index (χ2n) is 4.94. The number of nitrogens with one attached hydrogen (secondary N) is 1. The Morgan fingerprint density at radius 1 is 1.36 bits per heavy atom. The lowest BCUT2D eigenvalue weighted by molar-refractivity contribution is 0.411. The van der Waals surface area contributed by atoms with Crippen molar-refractivity contribution in [2.24, 2.45) is 0 Å². The van der Waals surface area contributed by atoms with Crippen molar-refractivity contribution in [3.05, 3.63) is 46.8 Å². The lowest BCUT2D eigenvalue weighted by atomic mass is 10.2. The van der Waals surface area contributed by atoms with Crippen LogP contribution in [0.15, 0.2) is 50.4 Å². The first-order valence-electron chi connectivity index (χ1n) is 6.80. The maximum atomic E-state index is 12.4. The summed E-state index contributed by atoms with van der Waals surface area (Å²) in [5.41, 5.74) is 0. The van der Waals surface area contributed by atoms with E-state index in [9.17, 15) is 8.42 Å². The van der Waals surface area contributed by atoms with Gasteiger partial charge < -0.3 is 9.15 Å². The van der Waals surface area contributed by atoms with Crippen molar-refractivity contribution in [1.82, 2.24) is 4.72 Å². The third-order valence-electron chi connectivity index (χ3n) is 3.19. The Morgan fingerprint density at radius 3 is 2.73 bits per heavy atom. The average Bonchev–Trinajstić information content (AvgIpc) is 2.98. The van der Waals surface area contributed by atoms with Gasteiger partial charge in [-0.15, -0.1) is 0 Å². The van der Waals surface area contributed by atoms with E-state index < -0.39 is 10.0 Å². The van der Waals surface area contributed by atoms with Crippen LogP contribution in [-0.2, 0) is 16.4 Å². The van der Waals surface area contributed by atoms with Gasteiger partial charge >= 0.3 is 0 Å². The summed E-state index contributed by atoms with van der Waals surface area (Å²) in [5.74, 6) is 1.43. The van der Waals surface area contributed by atoms with E-state index in [1.165, 1.54) is 19.2 Å². The largest absolute Gasteiger partial charge is 0.496 e. The molecule has 0 bridgehead atoms. The second-order valence-corrected chi connectivity index (χ2v) is 7.51. The van der Waals surface area contributed by atoms with Crippen LogP contribution >= 0.6 is 15.9 Å². The van der Waals surface area contributed by atoms with Gasteiger partial charge in [0, 0.05) is 12.5 Å². The highest BCUT2D eigenvalue weighted by Crippen LogP contribution is 2.27. The minimum absolute atomic E-state index is 0.198. The third-order valence-corrected chi connectivity index (χ3v) is 5.40. The van der Waals surface area contributed by atoms with E-state index in [-0.39, 0.29) is 10.9 Å². The van der Waals surface area contributed by atoms with Gasteiger partial charge in [-0.1, -0.05) is 0 Å². The predicted octanol–water partition coefficient (Wildman–Crippen LogP) is 3.35. The maximum Gasteiger partial charge on any atom is 0.240 e. The van der Waals surface area contributed by atoms with Gasteiger partial charge in [-0.3, -0.25) is 0 Å². The molecule has 0 radical (unpaired) electrons. The van der Waals surface area contributed by atoms with Crippen molar-refractivity contribution < 1.29 is 17.6 Å². The Labute approximate surface area is 138 Å². The molecular formula is C15H18BrNO4S. The molecule has 1 atom stereocenters. The average molecular weight is 388 g/mol. The van der Waals surface area contributed by atoms with Crippen molar-refractivity contribution in [2.75, 3.05) is 7.11 Å². The molecule has 0 aliphatic heterocycles. The molecule has 0 saturated heterocycles. The van der Waals surface area contributed by atoms with E-state index in [1.54, 1.807) is 12.3 Å². The van der Waals surface area contributed by atoms with Gasteiger partial charge in [0.25, 0.3) is 0 Å². The van der Waals surface area contributed by atoms with Crippen LogP contribution < -0.4 is 9.46 Å². The molecule has 0 aliphatic carbocycles. The van der Waals surface area contributed by atoms with Gasteiger partial charge in [-0.05, 0) is 59.6 Å². The van der Waals surface area contributed by atoms with E-state index in [1.807, 2.05) is 19.1 Å². The molecule has 120 valence electrons. The summed E-state index contributed by atoms with van der Waals surface area (Å²) >= 11 is 3.29. The third kappa shape index (κ3) is 4.34. The molecule has 5 nitrogen and oxygen atoms in total. The molecule has 0 amide bonds. The second kappa shape index (κ2) is 7.30. The van der Waals surface area contributed by atoms with Crippen molar-refractivity contribution in [3.63, 3.8) is 0 Å². The molecular weight excluding hydrogens is 370 g/mol. The number of benzene rings is 1. The summed E-state index contributed by atoms with van der Waals surface area (Å²) in [4.78, 5) is 0.199. The van der Waals surface area contributed by atoms with Crippen LogP contribution in [0.3, 0.4) is 0 Å². The molecule has 0 unspecified atom stereocenters. The number of ether oxygens (including phenoxy) is 1. The number of halogens is 1. The fourth-order valence-electron chi connectivity index (χ4n) is 2.02. The van der Waals surface area contributed by atoms with Crippen molar-refractivity contribution >= 4 is 26.0 Å². The minimum atomic E-state index is -3.56. The summed E-state index contributed by atoms with van der Waals surface area (Å²) in [6.07, 6.45) is 2.95. The molecule has 0 fully saturated rings. The summed E-state index contributed by atoms with van der Waals surface area (Å²) in [6, 6.07) is 8.16. The van der Waals surface area contributed by atoms with E-state index in [4.69, 9.17) is 9.15 Å². The highest BCUT2D eigenvalue weighted by Gasteiger charge is 2.18. The Kier molecular flexibility index (Phi) is 5.66. The van der Waals surface area contributed by atoms with Gasteiger partial charge in [0.05, 0.1) is 22.7 Å². The molecule has 0 aliphatic rings. The van der Waals surface area contributed by atoms with Gasteiger partial charge in [-0.25, -0.2) is 13.1 Å². The number of furan rings is 1. The van der Waals surface area contributed by atoms with Crippen LogP contribution in [0.25, 0.3) is 0 Å². The van der Waals surface area contributed by atoms with Crippen molar-refractivity contribution in [2.45, 2.75) is 30.7 Å². The van der Waals surface area contributed by atoms with Crippen LogP contribution in [0.2, 0.25) is 0 Å². The number of hydrogen-bond acceptors (Lipinski definition) is 4. The quantitative estimate of drug-likeness (QED) is 0.790. The number of sulfonamides is 1. The molecule has 1 aromatic carbocycles. The van der Waals surface area contributed by atoms with Gasteiger partial charge in [-0.2, -0.15) is 0 Å². The SMILES string of the molecule is COc1ccc(S(=O)(=O)N[C@H](C)CCc2ccco2)cc1Br. The fourth-order valence-corrected chi connectivity index (χ4v) is 4.02. The Morgan fingerprint density at radius 2 is 2.14 bits per heavy atom. The highest BCUT2D eigenvalue weighted by atomic mass is 79.9. The maximum absolute atomic E-state index is 12.4. The Hall–Kier alpha value is -1.31. The molecule has 1 N–H and O–H groups in total. The van der Waals surface area contributed by atoms with Crippen LogP contribution in [0.1, 0.15) is 19.1 Å². The summed E-state index contributed by atoms with van der Waals surface area (Å²) < 4.78 is 38.3.